The standard InChI is InChI=1S/C14H17NO3/c1-9-7-8-11-5-4-6-12(18-10(2)16)13(11)14(9)15-17-3/h4-6,9H,7-8H2,1-3H3/b15-14+. The summed E-state index contributed by atoms with van der Waals surface area (Å²) in [6.07, 6.45) is 1.99. The Morgan fingerprint density at radius 3 is 2.89 bits per heavy atom. The van der Waals surface area contributed by atoms with Gasteiger partial charge in [-0.25, -0.2) is 0 Å². The molecule has 1 aliphatic carbocycles. The summed E-state index contributed by atoms with van der Waals surface area (Å²) >= 11 is 0. The second-order valence-corrected chi connectivity index (χ2v) is 4.48. The molecule has 0 N–H and O–H groups in total. The van der Waals surface area contributed by atoms with Gasteiger partial charge in [0.2, 0.25) is 0 Å². The van der Waals surface area contributed by atoms with Crippen molar-refractivity contribution in [2.24, 2.45) is 11.1 Å². The van der Waals surface area contributed by atoms with E-state index in [0.29, 0.717) is 11.7 Å². The van der Waals surface area contributed by atoms with E-state index in [2.05, 4.69) is 12.1 Å². The van der Waals surface area contributed by atoms with Crippen LogP contribution < -0.4 is 4.74 Å². The van der Waals surface area contributed by atoms with E-state index in [1.165, 1.54) is 14.0 Å². The average Bonchev–Trinajstić information content (AvgIpc) is 2.32. The van der Waals surface area contributed by atoms with Crippen molar-refractivity contribution in [2.45, 2.75) is 26.7 Å². The second kappa shape index (κ2) is 5.21. The third-order valence-electron chi connectivity index (χ3n) is 3.13. The van der Waals surface area contributed by atoms with Gasteiger partial charge in [-0.3, -0.25) is 4.79 Å². The van der Waals surface area contributed by atoms with Crippen molar-refractivity contribution in [3.05, 3.63) is 29.3 Å². The second-order valence-electron chi connectivity index (χ2n) is 4.48. The van der Waals surface area contributed by atoms with Gasteiger partial charge in [0.1, 0.15) is 12.9 Å². The van der Waals surface area contributed by atoms with Gasteiger partial charge in [-0.2, -0.15) is 0 Å². The SMILES string of the molecule is CO/N=C1/c2c(cccc2OC(C)=O)CCC1C. The van der Waals surface area contributed by atoms with Crippen molar-refractivity contribution < 1.29 is 14.4 Å². The lowest BCUT2D eigenvalue weighted by molar-refractivity contribution is -0.131. The van der Waals surface area contributed by atoms with Gasteiger partial charge in [0.05, 0.1) is 5.71 Å². The normalized spacial score (nSPS) is 20.4. The highest BCUT2D eigenvalue weighted by molar-refractivity contribution is 6.06. The molecule has 0 heterocycles. The van der Waals surface area contributed by atoms with E-state index in [1.54, 1.807) is 6.07 Å². The maximum Gasteiger partial charge on any atom is 0.308 e. The molecular formula is C14H17NO3. The smallest absolute Gasteiger partial charge is 0.308 e. The molecule has 0 saturated heterocycles. The molecular weight excluding hydrogens is 230 g/mol. The van der Waals surface area contributed by atoms with Crippen LogP contribution in [0.15, 0.2) is 23.4 Å². The Balaban J connectivity index is 2.53. The number of carbonyl (C=O) groups is 1. The molecule has 0 aliphatic heterocycles. The fraction of sp³-hybridized carbons (Fsp3) is 0.429. The zero-order chi connectivity index (χ0) is 13.1. The van der Waals surface area contributed by atoms with Gasteiger partial charge < -0.3 is 9.57 Å². The van der Waals surface area contributed by atoms with Crippen LogP contribution in [-0.4, -0.2) is 18.8 Å². The number of rotatable bonds is 2. The number of aryl methyl sites for hydroxylation is 1. The van der Waals surface area contributed by atoms with Crippen LogP contribution in [0, 0.1) is 5.92 Å². The number of benzene rings is 1. The fourth-order valence-electron chi connectivity index (χ4n) is 2.30. The van der Waals surface area contributed by atoms with Crippen LogP contribution in [0.25, 0.3) is 0 Å². The minimum absolute atomic E-state index is 0.300. The summed E-state index contributed by atoms with van der Waals surface area (Å²) < 4.78 is 5.26. The van der Waals surface area contributed by atoms with Crippen LogP contribution >= 0.6 is 0 Å². The molecule has 0 spiro atoms. The Bertz CT molecular complexity index is 494. The number of carbonyl (C=O) groups excluding carboxylic acids is 1. The first-order valence-corrected chi connectivity index (χ1v) is 6.05. The summed E-state index contributed by atoms with van der Waals surface area (Å²) in [4.78, 5) is 16.1. The predicted molar refractivity (Wildman–Crippen MR) is 68.8 cm³/mol. The number of esters is 1. The van der Waals surface area contributed by atoms with Gasteiger partial charge in [0.25, 0.3) is 0 Å². The third kappa shape index (κ3) is 2.37. The van der Waals surface area contributed by atoms with Crippen LogP contribution in [0.5, 0.6) is 5.75 Å². The van der Waals surface area contributed by atoms with Crippen LogP contribution in [0.3, 0.4) is 0 Å². The van der Waals surface area contributed by atoms with Gasteiger partial charge in [-0.05, 0) is 24.5 Å². The fourth-order valence-corrected chi connectivity index (χ4v) is 2.30. The third-order valence-corrected chi connectivity index (χ3v) is 3.13. The average molecular weight is 247 g/mol. The minimum Gasteiger partial charge on any atom is -0.426 e. The number of nitrogens with zero attached hydrogens (tertiary/aromatic N) is 1. The molecule has 2 rings (SSSR count). The zero-order valence-electron chi connectivity index (χ0n) is 10.9. The molecule has 0 aromatic heterocycles. The van der Waals surface area contributed by atoms with Crippen LogP contribution in [0.1, 0.15) is 31.4 Å². The lowest BCUT2D eigenvalue weighted by atomic mass is 9.82. The summed E-state index contributed by atoms with van der Waals surface area (Å²) in [6.45, 7) is 3.50. The van der Waals surface area contributed by atoms with E-state index in [-0.39, 0.29) is 5.97 Å². The van der Waals surface area contributed by atoms with Crippen molar-refractivity contribution in [1.82, 2.24) is 0 Å². The highest BCUT2D eigenvalue weighted by Crippen LogP contribution is 2.33. The molecule has 18 heavy (non-hydrogen) atoms. The quantitative estimate of drug-likeness (QED) is 0.458. The first-order valence-electron chi connectivity index (χ1n) is 6.05. The monoisotopic (exact) mass is 247 g/mol. The lowest BCUT2D eigenvalue weighted by Gasteiger charge is -2.24. The minimum atomic E-state index is -0.321. The maximum atomic E-state index is 11.2. The van der Waals surface area contributed by atoms with Crippen LogP contribution in [0.4, 0.5) is 0 Å². The Hall–Kier alpha value is -1.84. The number of ether oxygens (including phenoxy) is 1. The van der Waals surface area contributed by atoms with Crippen molar-refractivity contribution >= 4 is 11.7 Å². The van der Waals surface area contributed by atoms with Gasteiger partial charge in [-0.15, -0.1) is 0 Å². The van der Waals surface area contributed by atoms with Gasteiger partial charge in [0, 0.05) is 18.4 Å². The van der Waals surface area contributed by atoms with Crippen LogP contribution in [-0.2, 0) is 16.1 Å². The molecule has 0 saturated carbocycles. The summed E-state index contributed by atoms with van der Waals surface area (Å²) in [7, 11) is 1.53. The molecule has 1 aromatic rings. The number of fused-ring (bicyclic) bond motifs is 1. The van der Waals surface area contributed by atoms with Gasteiger partial charge in [0.15, 0.2) is 0 Å². The first kappa shape index (κ1) is 12.6. The topological polar surface area (TPSA) is 47.9 Å². The summed E-state index contributed by atoms with van der Waals surface area (Å²) in [5, 5.41) is 4.10. The number of oxime groups is 1. The maximum absolute atomic E-state index is 11.2. The Labute approximate surface area is 107 Å². The van der Waals surface area contributed by atoms with E-state index in [9.17, 15) is 4.79 Å². The molecule has 1 aliphatic rings. The van der Waals surface area contributed by atoms with Crippen molar-refractivity contribution in [2.75, 3.05) is 7.11 Å². The van der Waals surface area contributed by atoms with E-state index < -0.39 is 0 Å². The molecule has 1 atom stereocenters. The zero-order valence-corrected chi connectivity index (χ0v) is 10.9. The molecule has 96 valence electrons. The Morgan fingerprint density at radius 2 is 2.22 bits per heavy atom. The number of hydrogen-bond acceptors (Lipinski definition) is 4. The number of hydrogen-bond donors (Lipinski definition) is 0. The first-order chi connectivity index (χ1) is 8.63. The highest BCUT2D eigenvalue weighted by atomic mass is 16.6. The van der Waals surface area contributed by atoms with E-state index in [0.717, 1.165) is 29.7 Å². The molecule has 4 heteroatoms. The van der Waals surface area contributed by atoms with E-state index >= 15 is 0 Å². The van der Waals surface area contributed by atoms with E-state index in [4.69, 9.17) is 9.57 Å². The van der Waals surface area contributed by atoms with Crippen molar-refractivity contribution in [3.63, 3.8) is 0 Å². The highest BCUT2D eigenvalue weighted by Gasteiger charge is 2.26. The molecule has 0 fully saturated rings. The van der Waals surface area contributed by atoms with E-state index in [1.807, 2.05) is 12.1 Å². The molecule has 0 amide bonds. The largest absolute Gasteiger partial charge is 0.426 e. The summed E-state index contributed by atoms with van der Waals surface area (Å²) in [6, 6.07) is 5.74. The predicted octanol–water partition coefficient (Wildman–Crippen LogP) is 2.54. The van der Waals surface area contributed by atoms with Gasteiger partial charge in [-0.1, -0.05) is 24.2 Å². The van der Waals surface area contributed by atoms with Crippen molar-refractivity contribution in [1.29, 1.82) is 0 Å². The lowest BCUT2D eigenvalue weighted by Crippen LogP contribution is -2.23. The molecule has 0 radical (unpaired) electrons. The molecule has 0 bridgehead atoms. The molecule has 1 unspecified atom stereocenters. The summed E-state index contributed by atoms with van der Waals surface area (Å²) in [5.41, 5.74) is 2.92. The molecule has 1 aromatic carbocycles. The Kier molecular flexibility index (Phi) is 3.65. The van der Waals surface area contributed by atoms with Crippen LogP contribution in [0.2, 0.25) is 0 Å². The van der Waals surface area contributed by atoms with Gasteiger partial charge >= 0.3 is 5.97 Å². The Morgan fingerprint density at radius 1 is 1.44 bits per heavy atom. The summed E-state index contributed by atoms with van der Waals surface area (Å²) in [5.74, 6) is 0.551. The van der Waals surface area contributed by atoms with Crippen molar-refractivity contribution in [3.8, 4) is 5.75 Å². The molecule has 4 nitrogen and oxygen atoms in total.